The van der Waals surface area contributed by atoms with Crippen LogP contribution in [-0.2, 0) is 4.79 Å². The number of aromatic nitrogens is 2. The smallest absolute Gasteiger partial charge is 0.407 e. The van der Waals surface area contributed by atoms with Crippen molar-refractivity contribution in [2.45, 2.75) is 38.2 Å². The highest BCUT2D eigenvalue weighted by atomic mass is 19.3. The third kappa shape index (κ3) is 3.12. The molecule has 0 atom stereocenters. The summed E-state index contributed by atoms with van der Waals surface area (Å²) in [6.45, 7) is 0. The topological polar surface area (TPSA) is 87.2 Å². The van der Waals surface area contributed by atoms with Crippen molar-refractivity contribution in [2.24, 2.45) is 11.7 Å². The van der Waals surface area contributed by atoms with Gasteiger partial charge in [0, 0.05) is 5.92 Å². The molecule has 0 aromatic carbocycles. The largest absolute Gasteiger partial charge is 0.410 e. The van der Waals surface area contributed by atoms with E-state index < -0.39 is 18.2 Å². The lowest BCUT2D eigenvalue weighted by atomic mass is 9.87. The molecule has 1 saturated carbocycles. The second kappa shape index (κ2) is 5.98. The van der Waals surface area contributed by atoms with Gasteiger partial charge in [0.05, 0.1) is 12.2 Å². The van der Waals surface area contributed by atoms with E-state index in [1.54, 1.807) is 0 Å². The number of carbonyl (C=O) groups excluding carboxylic acids is 2. The van der Waals surface area contributed by atoms with Gasteiger partial charge in [-0.15, -0.1) is 0 Å². The van der Waals surface area contributed by atoms with Crippen molar-refractivity contribution < 1.29 is 23.1 Å². The Labute approximate surface area is 113 Å². The highest BCUT2D eigenvalue weighted by molar-refractivity contribution is 5.68. The van der Waals surface area contributed by atoms with E-state index in [1.807, 2.05) is 0 Å². The normalized spacial score (nSPS) is 22.8. The van der Waals surface area contributed by atoms with E-state index in [2.05, 4.69) is 9.84 Å². The molecule has 0 saturated heterocycles. The van der Waals surface area contributed by atoms with Crippen molar-refractivity contribution in [3.8, 4) is 5.75 Å². The maximum absolute atomic E-state index is 12.8. The number of rotatable bonds is 4. The highest BCUT2D eigenvalue weighted by Crippen LogP contribution is 2.34. The highest BCUT2D eigenvalue weighted by Gasteiger charge is 2.27. The molecule has 0 spiro atoms. The molecular weight excluding hydrogens is 272 g/mol. The standard InChI is InChI=1S/C12H15F2N3O3/c13-11(14)10-9(20-12(15)19)5-17(16-10)8-3-1-7(6-18)2-4-8/h5-8,11H,1-4H2,(H2,15,19)/t7-,8-. The molecule has 1 fully saturated rings. The summed E-state index contributed by atoms with van der Waals surface area (Å²) in [5.41, 5.74) is 4.24. The van der Waals surface area contributed by atoms with Crippen molar-refractivity contribution in [3.05, 3.63) is 11.9 Å². The number of halogens is 2. The van der Waals surface area contributed by atoms with Gasteiger partial charge in [0.1, 0.15) is 6.29 Å². The van der Waals surface area contributed by atoms with Crippen LogP contribution in [0.5, 0.6) is 5.75 Å². The van der Waals surface area contributed by atoms with Gasteiger partial charge in [-0.25, -0.2) is 13.6 Å². The van der Waals surface area contributed by atoms with Crippen LogP contribution in [0.3, 0.4) is 0 Å². The summed E-state index contributed by atoms with van der Waals surface area (Å²) < 4.78 is 31.6. The van der Waals surface area contributed by atoms with Gasteiger partial charge < -0.3 is 15.3 Å². The minimum atomic E-state index is -2.85. The first kappa shape index (κ1) is 14.4. The van der Waals surface area contributed by atoms with Crippen molar-refractivity contribution in [1.29, 1.82) is 0 Å². The zero-order valence-electron chi connectivity index (χ0n) is 10.7. The fraction of sp³-hybridized carbons (Fsp3) is 0.583. The molecule has 0 radical (unpaired) electrons. The van der Waals surface area contributed by atoms with Crippen LogP contribution < -0.4 is 10.5 Å². The van der Waals surface area contributed by atoms with E-state index in [1.165, 1.54) is 10.9 Å². The van der Waals surface area contributed by atoms with E-state index in [0.717, 1.165) is 6.29 Å². The fourth-order valence-corrected chi connectivity index (χ4v) is 2.42. The van der Waals surface area contributed by atoms with Crippen LogP contribution in [0.2, 0.25) is 0 Å². The lowest BCUT2D eigenvalue weighted by molar-refractivity contribution is -0.112. The van der Waals surface area contributed by atoms with Crippen LogP contribution >= 0.6 is 0 Å². The number of carbonyl (C=O) groups is 2. The Hall–Kier alpha value is -1.99. The van der Waals surface area contributed by atoms with Gasteiger partial charge in [0.15, 0.2) is 11.4 Å². The van der Waals surface area contributed by atoms with Gasteiger partial charge in [0.2, 0.25) is 0 Å². The second-order valence-corrected chi connectivity index (χ2v) is 4.79. The molecule has 110 valence electrons. The second-order valence-electron chi connectivity index (χ2n) is 4.79. The van der Waals surface area contributed by atoms with Crippen molar-refractivity contribution >= 4 is 12.4 Å². The van der Waals surface area contributed by atoms with E-state index in [0.29, 0.717) is 25.7 Å². The number of nitrogens with zero attached hydrogens (tertiary/aromatic N) is 2. The monoisotopic (exact) mass is 287 g/mol. The van der Waals surface area contributed by atoms with Gasteiger partial charge in [-0.3, -0.25) is 4.68 Å². The van der Waals surface area contributed by atoms with Crippen LogP contribution in [0.1, 0.15) is 43.8 Å². The third-order valence-electron chi connectivity index (χ3n) is 3.45. The molecule has 0 unspecified atom stereocenters. The van der Waals surface area contributed by atoms with Gasteiger partial charge in [-0.05, 0) is 25.7 Å². The first-order valence-corrected chi connectivity index (χ1v) is 6.31. The molecule has 0 aliphatic heterocycles. The molecule has 1 heterocycles. The van der Waals surface area contributed by atoms with Crippen molar-refractivity contribution in [1.82, 2.24) is 9.78 Å². The average Bonchev–Trinajstić information content (AvgIpc) is 2.82. The van der Waals surface area contributed by atoms with E-state index >= 15 is 0 Å². The van der Waals surface area contributed by atoms with E-state index in [-0.39, 0.29) is 17.7 Å². The molecule has 8 heteroatoms. The predicted octanol–water partition coefficient (Wildman–Crippen LogP) is 2.21. The molecule has 1 aliphatic carbocycles. The Kier molecular flexibility index (Phi) is 4.31. The first-order chi connectivity index (χ1) is 9.51. The van der Waals surface area contributed by atoms with Crippen LogP contribution in [0, 0.1) is 5.92 Å². The molecule has 1 amide bonds. The van der Waals surface area contributed by atoms with Gasteiger partial charge >= 0.3 is 6.09 Å². The van der Waals surface area contributed by atoms with Crippen molar-refractivity contribution in [3.63, 3.8) is 0 Å². The van der Waals surface area contributed by atoms with E-state index in [4.69, 9.17) is 5.73 Å². The summed E-state index contributed by atoms with van der Waals surface area (Å²) in [7, 11) is 0. The zero-order valence-corrected chi connectivity index (χ0v) is 10.7. The lowest BCUT2D eigenvalue weighted by Crippen LogP contribution is -2.19. The maximum atomic E-state index is 12.8. The molecule has 20 heavy (non-hydrogen) atoms. The predicted molar refractivity (Wildman–Crippen MR) is 64.5 cm³/mol. The summed E-state index contributed by atoms with van der Waals surface area (Å²) >= 11 is 0. The Bertz CT molecular complexity index is 496. The van der Waals surface area contributed by atoms with Crippen LogP contribution in [-0.4, -0.2) is 22.2 Å². The Morgan fingerprint density at radius 1 is 1.45 bits per heavy atom. The Morgan fingerprint density at radius 3 is 2.60 bits per heavy atom. The maximum Gasteiger partial charge on any atom is 0.410 e. The van der Waals surface area contributed by atoms with Crippen molar-refractivity contribution in [2.75, 3.05) is 0 Å². The number of alkyl halides is 2. The molecule has 1 aromatic heterocycles. The summed E-state index contributed by atoms with van der Waals surface area (Å²) in [5.74, 6) is -0.289. The Morgan fingerprint density at radius 2 is 2.10 bits per heavy atom. The summed E-state index contributed by atoms with van der Waals surface area (Å²) in [6, 6.07) is -0.0751. The minimum Gasteiger partial charge on any atom is -0.407 e. The van der Waals surface area contributed by atoms with Gasteiger partial charge in [0.25, 0.3) is 6.43 Å². The van der Waals surface area contributed by atoms with Crippen LogP contribution in [0.15, 0.2) is 6.20 Å². The Balaban J connectivity index is 2.16. The van der Waals surface area contributed by atoms with Crippen LogP contribution in [0.25, 0.3) is 0 Å². The molecule has 1 aliphatic rings. The third-order valence-corrected chi connectivity index (χ3v) is 3.45. The zero-order chi connectivity index (χ0) is 14.7. The summed E-state index contributed by atoms with van der Waals surface area (Å²) in [5, 5.41) is 3.78. The quantitative estimate of drug-likeness (QED) is 0.860. The number of aldehydes is 1. The number of amides is 1. The van der Waals surface area contributed by atoms with Crippen LogP contribution in [0.4, 0.5) is 13.6 Å². The molecule has 6 nitrogen and oxygen atoms in total. The number of ether oxygens (including phenoxy) is 1. The number of nitrogens with two attached hydrogens (primary N) is 1. The molecule has 2 rings (SSSR count). The number of primary amides is 1. The lowest BCUT2D eigenvalue weighted by Gasteiger charge is -2.25. The molecule has 0 bridgehead atoms. The number of hydrogen-bond donors (Lipinski definition) is 1. The fourth-order valence-electron chi connectivity index (χ4n) is 2.42. The first-order valence-electron chi connectivity index (χ1n) is 6.31. The number of hydrogen-bond acceptors (Lipinski definition) is 4. The average molecular weight is 287 g/mol. The summed E-state index contributed by atoms with van der Waals surface area (Å²) in [6.07, 6.45) is 0.915. The van der Waals surface area contributed by atoms with E-state index in [9.17, 15) is 18.4 Å². The minimum absolute atomic E-state index is 0.0257. The SMILES string of the molecule is NC(=O)Oc1cn([C@H]2CC[C@H](C=O)CC2)nc1C(F)F. The molecule has 2 N–H and O–H groups in total. The van der Waals surface area contributed by atoms with Gasteiger partial charge in [-0.2, -0.15) is 5.10 Å². The molecule has 1 aromatic rings. The summed E-state index contributed by atoms with van der Waals surface area (Å²) in [4.78, 5) is 21.4. The van der Waals surface area contributed by atoms with Gasteiger partial charge in [-0.1, -0.05) is 0 Å². The molecular formula is C12H15F2N3O3.